The van der Waals surface area contributed by atoms with Crippen molar-refractivity contribution in [1.82, 2.24) is 4.90 Å². The Balaban J connectivity index is 2.17. The summed E-state index contributed by atoms with van der Waals surface area (Å²) in [5.74, 6) is -0.0424. The number of rotatable bonds is 8. The summed E-state index contributed by atoms with van der Waals surface area (Å²) in [6.45, 7) is 6.83. The van der Waals surface area contributed by atoms with E-state index in [-0.39, 0.29) is 0 Å². The van der Waals surface area contributed by atoms with Gasteiger partial charge in [-0.05, 0) is 38.6 Å². The highest BCUT2D eigenvalue weighted by Crippen LogP contribution is 2.24. The fourth-order valence-corrected chi connectivity index (χ4v) is 2.70. The lowest BCUT2D eigenvalue weighted by atomic mass is 10.0. The monoisotopic (exact) mass is 241 g/mol. The lowest BCUT2D eigenvalue weighted by molar-refractivity contribution is -0.137. The van der Waals surface area contributed by atoms with Crippen molar-refractivity contribution in [2.45, 2.75) is 64.8 Å². The topological polar surface area (TPSA) is 40.5 Å². The fraction of sp³-hybridized carbons (Fsp3) is 0.929. The van der Waals surface area contributed by atoms with Crippen molar-refractivity contribution < 1.29 is 9.90 Å². The maximum atomic E-state index is 10.5. The van der Waals surface area contributed by atoms with E-state index in [9.17, 15) is 4.79 Å². The molecule has 1 fully saturated rings. The number of hydrogen-bond acceptors (Lipinski definition) is 2. The van der Waals surface area contributed by atoms with Crippen LogP contribution in [-0.4, -0.2) is 35.1 Å². The normalized spacial score (nSPS) is 22.8. The van der Waals surface area contributed by atoms with Crippen LogP contribution in [0.4, 0.5) is 0 Å². The van der Waals surface area contributed by atoms with Gasteiger partial charge < -0.3 is 10.0 Å². The summed E-state index contributed by atoms with van der Waals surface area (Å²) in [4.78, 5) is 13.1. The first kappa shape index (κ1) is 14.5. The van der Waals surface area contributed by atoms with Crippen molar-refractivity contribution in [2.75, 3.05) is 13.1 Å². The third kappa shape index (κ3) is 5.53. The molecule has 0 saturated carbocycles. The number of unbranched alkanes of at least 4 members (excludes halogenated alkanes) is 2. The van der Waals surface area contributed by atoms with Gasteiger partial charge in [0.05, 0.1) is 0 Å². The summed E-state index contributed by atoms with van der Waals surface area (Å²) in [6, 6.07) is 0.677. The van der Waals surface area contributed by atoms with Crippen LogP contribution in [0.15, 0.2) is 0 Å². The number of likely N-dealkylation sites (tertiary alicyclic amines) is 1. The van der Waals surface area contributed by atoms with E-state index in [2.05, 4.69) is 18.7 Å². The van der Waals surface area contributed by atoms with Crippen molar-refractivity contribution in [1.29, 1.82) is 0 Å². The molecule has 0 spiro atoms. The smallest absolute Gasteiger partial charge is 0.303 e. The van der Waals surface area contributed by atoms with Crippen LogP contribution in [0.3, 0.4) is 0 Å². The maximum Gasteiger partial charge on any atom is 0.303 e. The molecule has 0 aromatic rings. The average molecular weight is 241 g/mol. The van der Waals surface area contributed by atoms with E-state index in [0.717, 1.165) is 19.5 Å². The Bertz CT molecular complexity index is 230. The summed E-state index contributed by atoms with van der Waals surface area (Å²) in [5, 5.41) is 8.68. The highest BCUT2D eigenvalue weighted by molar-refractivity contribution is 5.66. The molecule has 2 atom stereocenters. The Morgan fingerprint density at radius 2 is 2.24 bits per heavy atom. The molecule has 0 bridgehead atoms. The molecule has 0 aromatic heterocycles. The zero-order chi connectivity index (χ0) is 12.7. The van der Waals surface area contributed by atoms with Crippen LogP contribution in [0.2, 0.25) is 0 Å². The van der Waals surface area contributed by atoms with Gasteiger partial charge in [-0.3, -0.25) is 4.79 Å². The molecule has 1 aliphatic rings. The SMILES string of the molecule is CCCCCC(C)N1CCC(CCC(=O)O)C1. The molecule has 3 nitrogen and oxygen atoms in total. The van der Waals surface area contributed by atoms with Crippen LogP contribution in [0.5, 0.6) is 0 Å². The first-order chi connectivity index (χ1) is 8.13. The third-order valence-electron chi connectivity index (χ3n) is 3.93. The Labute approximate surface area is 105 Å². The predicted octanol–water partition coefficient (Wildman–Crippen LogP) is 3.14. The van der Waals surface area contributed by atoms with Gasteiger partial charge in [-0.15, -0.1) is 0 Å². The van der Waals surface area contributed by atoms with E-state index < -0.39 is 5.97 Å². The Morgan fingerprint density at radius 3 is 2.88 bits per heavy atom. The molecule has 0 aromatic carbocycles. The summed E-state index contributed by atoms with van der Waals surface area (Å²) >= 11 is 0. The molecular formula is C14H27NO2. The van der Waals surface area contributed by atoms with E-state index in [4.69, 9.17) is 5.11 Å². The van der Waals surface area contributed by atoms with Gasteiger partial charge in [-0.1, -0.05) is 26.2 Å². The van der Waals surface area contributed by atoms with Gasteiger partial charge in [-0.2, -0.15) is 0 Å². The molecule has 17 heavy (non-hydrogen) atoms. The van der Waals surface area contributed by atoms with Gasteiger partial charge in [0.15, 0.2) is 0 Å². The minimum absolute atomic E-state index is 0.336. The van der Waals surface area contributed by atoms with Crippen molar-refractivity contribution >= 4 is 5.97 Å². The van der Waals surface area contributed by atoms with Crippen LogP contribution in [-0.2, 0) is 4.79 Å². The van der Waals surface area contributed by atoms with E-state index in [1.54, 1.807) is 0 Å². The second-order valence-electron chi connectivity index (χ2n) is 5.43. The molecule has 1 saturated heterocycles. The fourth-order valence-electron chi connectivity index (χ4n) is 2.70. The van der Waals surface area contributed by atoms with Crippen molar-refractivity contribution in [2.24, 2.45) is 5.92 Å². The minimum Gasteiger partial charge on any atom is -0.481 e. The van der Waals surface area contributed by atoms with Crippen LogP contribution < -0.4 is 0 Å². The standard InChI is InChI=1S/C14H27NO2/c1-3-4-5-6-12(2)15-10-9-13(11-15)7-8-14(16)17/h12-13H,3-11H2,1-2H3,(H,16,17). The molecule has 0 amide bonds. The van der Waals surface area contributed by atoms with E-state index in [1.807, 2.05) is 0 Å². The highest BCUT2D eigenvalue weighted by Gasteiger charge is 2.25. The molecule has 1 rings (SSSR count). The van der Waals surface area contributed by atoms with Gasteiger partial charge in [0.25, 0.3) is 0 Å². The van der Waals surface area contributed by atoms with Gasteiger partial charge >= 0.3 is 5.97 Å². The van der Waals surface area contributed by atoms with Crippen molar-refractivity contribution in [3.8, 4) is 0 Å². The molecule has 1 N–H and O–H groups in total. The van der Waals surface area contributed by atoms with Gasteiger partial charge in [0.1, 0.15) is 0 Å². The first-order valence-electron chi connectivity index (χ1n) is 7.09. The molecule has 100 valence electrons. The number of carboxylic acid groups (broad SMARTS) is 1. The van der Waals surface area contributed by atoms with Gasteiger partial charge in [0, 0.05) is 19.0 Å². The maximum absolute atomic E-state index is 10.5. The zero-order valence-electron chi connectivity index (χ0n) is 11.3. The largest absolute Gasteiger partial charge is 0.481 e. The third-order valence-corrected chi connectivity index (χ3v) is 3.93. The summed E-state index contributed by atoms with van der Waals surface area (Å²) < 4.78 is 0. The summed E-state index contributed by atoms with van der Waals surface area (Å²) in [7, 11) is 0. The predicted molar refractivity (Wildman–Crippen MR) is 70.2 cm³/mol. The quantitative estimate of drug-likeness (QED) is 0.664. The van der Waals surface area contributed by atoms with Crippen LogP contribution in [0, 0.1) is 5.92 Å². The molecule has 0 radical (unpaired) electrons. The second-order valence-corrected chi connectivity index (χ2v) is 5.43. The average Bonchev–Trinajstić information content (AvgIpc) is 2.75. The van der Waals surface area contributed by atoms with E-state index in [1.165, 1.54) is 32.1 Å². The number of nitrogens with zero attached hydrogens (tertiary/aromatic N) is 1. The van der Waals surface area contributed by atoms with Crippen LogP contribution in [0.25, 0.3) is 0 Å². The Morgan fingerprint density at radius 1 is 1.47 bits per heavy atom. The summed E-state index contributed by atoms with van der Waals surface area (Å²) in [6.07, 6.45) is 7.61. The van der Waals surface area contributed by atoms with Gasteiger partial charge in [0.2, 0.25) is 0 Å². The first-order valence-corrected chi connectivity index (χ1v) is 7.09. The number of carbonyl (C=O) groups is 1. The Kier molecular flexibility index (Phi) is 6.56. The van der Waals surface area contributed by atoms with Gasteiger partial charge in [-0.25, -0.2) is 0 Å². The number of aliphatic carboxylic acids is 1. The Hall–Kier alpha value is -0.570. The molecule has 0 aliphatic carbocycles. The molecule has 2 unspecified atom stereocenters. The summed E-state index contributed by atoms with van der Waals surface area (Å²) in [5.41, 5.74) is 0. The van der Waals surface area contributed by atoms with Crippen molar-refractivity contribution in [3.63, 3.8) is 0 Å². The molecule has 1 aliphatic heterocycles. The lowest BCUT2D eigenvalue weighted by Crippen LogP contribution is -2.30. The van der Waals surface area contributed by atoms with Crippen molar-refractivity contribution in [3.05, 3.63) is 0 Å². The highest BCUT2D eigenvalue weighted by atomic mass is 16.4. The van der Waals surface area contributed by atoms with E-state index in [0.29, 0.717) is 18.4 Å². The van der Waals surface area contributed by atoms with E-state index >= 15 is 0 Å². The minimum atomic E-state index is -0.653. The lowest BCUT2D eigenvalue weighted by Gasteiger charge is -2.24. The molecule has 3 heteroatoms. The van der Waals surface area contributed by atoms with Crippen LogP contribution in [0.1, 0.15) is 58.8 Å². The zero-order valence-corrected chi connectivity index (χ0v) is 11.3. The number of hydrogen-bond donors (Lipinski definition) is 1. The van der Waals surface area contributed by atoms with Crippen LogP contribution >= 0.6 is 0 Å². The molecular weight excluding hydrogens is 214 g/mol. The molecule has 1 heterocycles. The second kappa shape index (κ2) is 7.70. The number of carboxylic acids is 1.